The van der Waals surface area contributed by atoms with Crippen molar-refractivity contribution in [2.45, 2.75) is 65.8 Å². The number of hydrogen-bond acceptors (Lipinski definition) is 1. The SMILES string of the molecule is CC(C)N(C1=C([Si](C)(C)C)C=CC1)C(C)C.[Cl-].[Cl-].[Cl-].[Cl-].[Cl-].[V]. The topological polar surface area (TPSA) is 3.24 Å². The summed E-state index contributed by atoms with van der Waals surface area (Å²) in [7, 11) is -1.19. The average molecular weight is 466 g/mol. The van der Waals surface area contributed by atoms with Crippen molar-refractivity contribution in [3.8, 4) is 0 Å². The summed E-state index contributed by atoms with van der Waals surface area (Å²) in [5.41, 5.74) is 1.59. The molecule has 0 unspecified atom stereocenters. The van der Waals surface area contributed by atoms with Crippen LogP contribution >= 0.6 is 0 Å². The minimum absolute atomic E-state index is 0. The van der Waals surface area contributed by atoms with Crippen molar-refractivity contribution in [2.75, 3.05) is 0 Å². The third-order valence-electron chi connectivity index (χ3n) is 3.14. The molecule has 1 aliphatic rings. The van der Waals surface area contributed by atoms with Gasteiger partial charge in [-0.25, -0.2) is 0 Å². The zero-order valence-corrected chi connectivity index (χ0v) is 20.5. The zero-order valence-electron chi connectivity index (χ0n) is 14.3. The Morgan fingerprint density at radius 3 is 1.50 bits per heavy atom. The van der Waals surface area contributed by atoms with Crippen LogP contribution in [0.4, 0.5) is 0 Å². The van der Waals surface area contributed by atoms with Gasteiger partial charge in [0, 0.05) is 42.8 Å². The minimum atomic E-state index is -1.19. The minimum Gasteiger partial charge on any atom is -1.00 e. The van der Waals surface area contributed by atoms with Crippen LogP contribution in [-0.2, 0) is 18.6 Å². The molecule has 0 N–H and O–H groups in total. The van der Waals surface area contributed by atoms with E-state index in [1.54, 1.807) is 10.9 Å². The molecule has 0 atom stereocenters. The molecule has 1 radical (unpaired) electrons. The quantitative estimate of drug-likeness (QED) is 0.373. The van der Waals surface area contributed by atoms with Gasteiger partial charge in [0.15, 0.2) is 0 Å². The van der Waals surface area contributed by atoms with Gasteiger partial charge in [-0.2, -0.15) is 0 Å². The number of hydrogen-bond donors (Lipinski definition) is 0. The Hall–Kier alpha value is 1.53. The molecular weight excluding hydrogens is 438 g/mol. The first-order valence-electron chi connectivity index (χ1n) is 6.43. The molecule has 0 aliphatic heterocycles. The summed E-state index contributed by atoms with van der Waals surface area (Å²) in [6.45, 7) is 16.5. The third kappa shape index (κ3) is 10.4. The van der Waals surface area contributed by atoms with E-state index in [9.17, 15) is 0 Å². The van der Waals surface area contributed by atoms with Crippen molar-refractivity contribution >= 4 is 8.07 Å². The van der Waals surface area contributed by atoms with Crippen LogP contribution in [-0.4, -0.2) is 25.1 Å². The van der Waals surface area contributed by atoms with Crippen LogP contribution in [0.5, 0.6) is 0 Å². The molecule has 0 aromatic carbocycles. The van der Waals surface area contributed by atoms with Gasteiger partial charge < -0.3 is 66.9 Å². The Labute approximate surface area is 181 Å². The summed E-state index contributed by atoms with van der Waals surface area (Å²) >= 11 is 0. The Morgan fingerprint density at radius 2 is 1.23 bits per heavy atom. The smallest absolute Gasteiger partial charge is 0.0798 e. The predicted octanol–water partition coefficient (Wildman–Crippen LogP) is -10.8. The molecular formula is C14H27Cl5NSiV-5. The van der Waals surface area contributed by atoms with Gasteiger partial charge in [0.05, 0.1) is 8.07 Å². The summed E-state index contributed by atoms with van der Waals surface area (Å²) in [5, 5.41) is 1.65. The Balaban J connectivity index is -0.000000107. The molecule has 1 nitrogen and oxygen atoms in total. The molecule has 0 bridgehead atoms. The monoisotopic (exact) mass is 463 g/mol. The van der Waals surface area contributed by atoms with Gasteiger partial charge >= 0.3 is 0 Å². The average Bonchev–Trinajstić information content (AvgIpc) is 2.49. The van der Waals surface area contributed by atoms with Crippen LogP contribution in [0.1, 0.15) is 34.1 Å². The summed E-state index contributed by atoms with van der Waals surface area (Å²) < 4.78 is 0. The van der Waals surface area contributed by atoms with E-state index in [0.717, 1.165) is 6.42 Å². The molecule has 8 heteroatoms. The Morgan fingerprint density at radius 1 is 0.864 bits per heavy atom. The third-order valence-corrected chi connectivity index (χ3v) is 5.21. The molecule has 1 aliphatic carbocycles. The Bertz CT molecular complexity index is 320. The number of rotatable bonds is 4. The normalized spacial score (nSPS) is 12.2. The van der Waals surface area contributed by atoms with E-state index in [1.807, 2.05) is 0 Å². The summed E-state index contributed by atoms with van der Waals surface area (Å²) in [6, 6.07) is 1.20. The van der Waals surface area contributed by atoms with Crippen LogP contribution < -0.4 is 62.0 Å². The fourth-order valence-corrected chi connectivity index (χ4v) is 4.36. The van der Waals surface area contributed by atoms with E-state index in [2.05, 4.69) is 64.4 Å². The molecule has 0 saturated carbocycles. The van der Waals surface area contributed by atoms with Crippen LogP contribution in [0.3, 0.4) is 0 Å². The summed E-state index contributed by atoms with van der Waals surface area (Å²) in [6.07, 6.45) is 5.84. The van der Waals surface area contributed by atoms with Crippen LogP contribution in [0.15, 0.2) is 23.0 Å². The maximum atomic E-state index is 2.59. The molecule has 0 heterocycles. The van der Waals surface area contributed by atoms with Gasteiger partial charge in [-0.1, -0.05) is 31.8 Å². The number of nitrogens with zero attached hydrogens (tertiary/aromatic N) is 1. The van der Waals surface area contributed by atoms with Gasteiger partial charge in [-0.15, -0.1) is 0 Å². The molecule has 0 aromatic rings. The number of allylic oxidation sites excluding steroid dienone is 3. The van der Waals surface area contributed by atoms with E-state index < -0.39 is 8.07 Å². The molecule has 137 valence electrons. The first-order chi connectivity index (χ1) is 7.25. The van der Waals surface area contributed by atoms with Gasteiger partial charge in [-0.05, 0) is 32.9 Å². The summed E-state index contributed by atoms with van der Waals surface area (Å²) in [5.74, 6) is 0. The summed E-state index contributed by atoms with van der Waals surface area (Å²) in [4.78, 5) is 2.59. The second-order valence-electron chi connectivity index (χ2n) is 6.31. The van der Waals surface area contributed by atoms with Gasteiger partial charge in [0.25, 0.3) is 0 Å². The van der Waals surface area contributed by atoms with E-state index in [1.165, 1.54) is 0 Å². The standard InChI is InChI=1S/C14H27NSi.5ClH.V/c1-11(2)15(12(3)4)13-9-8-10-14(13)16(5,6)7;;;;;;/h8,10-12H,9H2,1-7H3;5*1H;/p-5. The molecule has 0 saturated heterocycles. The molecule has 0 amide bonds. The van der Waals surface area contributed by atoms with Crippen molar-refractivity contribution < 1.29 is 80.6 Å². The fourth-order valence-electron chi connectivity index (χ4n) is 2.64. The first kappa shape index (κ1) is 38.9. The maximum absolute atomic E-state index is 2.59. The predicted molar refractivity (Wildman–Crippen MR) is 76.2 cm³/mol. The van der Waals surface area contributed by atoms with Crippen molar-refractivity contribution in [3.63, 3.8) is 0 Å². The largest absolute Gasteiger partial charge is 1.00 e. The number of halogens is 5. The van der Waals surface area contributed by atoms with Crippen LogP contribution in [0, 0.1) is 0 Å². The van der Waals surface area contributed by atoms with Crippen molar-refractivity contribution in [1.82, 2.24) is 4.90 Å². The van der Waals surface area contributed by atoms with E-state index in [0.29, 0.717) is 12.1 Å². The van der Waals surface area contributed by atoms with Crippen LogP contribution in [0.25, 0.3) is 0 Å². The van der Waals surface area contributed by atoms with Crippen molar-refractivity contribution in [3.05, 3.63) is 23.0 Å². The molecule has 0 aromatic heterocycles. The van der Waals surface area contributed by atoms with E-state index >= 15 is 0 Å². The van der Waals surface area contributed by atoms with Gasteiger partial charge in [0.1, 0.15) is 0 Å². The Kier molecular flexibility index (Phi) is 28.3. The van der Waals surface area contributed by atoms with Gasteiger partial charge in [0.2, 0.25) is 0 Å². The molecule has 0 spiro atoms. The van der Waals surface area contributed by atoms with E-state index in [-0.39, 0.29) is 80.6 Å². The molecule has 0 fully saturated rings. The van der Waals surface area contributed by atoms with Crippen LogP contribution in [0.2, 0.25) is 19.6 Å². The first-order valence-corrected chi connectivity index (χ1v) is 9.93. The van der Waals surface area contributed by atoms with Gasteiger partial charge in [-0.3, -0.25) is 0 Å². The second-order valence-corrected chi connectivity index (χ2v) is 11.4. The fraction of sp³-hybridized carbons (Fsp3) is 0.714. The van der Waals surface area contributed by atoms with Crippen molar-refractivity contribution in [2.24, 2.45) is 0 Å². The molecule has 1 rings (SSSR count). The van der Waals surface area contributed by atoms with Crippen molar-refractivity contribution in [1.29, 1.82) is 0 Å². The maximum Gasteiger partial charge on any atom is 0.0798 e. The van der Waals surface area contributed by atoms with E-state index in [4.69, 9.17) is 0 Å². The zero-order chi connectivity index (χ0) is 12.5. The molecule has 22 heavy (non-hydrogen) atoms. The second kappa shape index (κ2) is 16.0.